The second-order valence-electron chi connectivity index (χ2n) is 2.52. The van der Waals surface area contributed by atoms with Gasteiger partial charge in [-0.25, -0.2) is 0 Å². The van der Waals surface area contributed by atoms with Crippen molar-refractivity contribution >= 4 is 0 Å². The molecule has 0 atom stereocenters. The van der Waals surface area contributed by atoms with E-state index in [-0.39, 0.29) is 5.56 Å². The molecule has 2 aliphatic rings. The van der Waals surface area contributed by atoms with E-state index in [1.54, 1.807) is 0 Å². The summed E-state index contributed by atoms with van der Waals surface area (Å²) in [7, 11) is 0. The zero-order chi connectivity index (χ0) is 9.42. The molecule has 0 unspecified atom stereocenters. The molecule has 0 aromatic rings. The maximum Gasteiger partial charge on any atom is 0.254 e. The van der Waals surface area contributed by atoms with E-state index in [1.807, 2.05) is 0 Å². The van der Waals surface area contributed by atoms with Crippen molar-refractivity contribution in [3.05, 3.63) is 40.6 Å². The molecule has 0 saturated carbocycles. The number of fused-ring (bicyclic) bond motifs is 1. The van der Waals surface area contributed by atoms with Gasteiger partial charge in [0.15, 0.2) is 5.43 Å². The second-order valence-corrected chi connectivity index (χ2v) is 2.52. The van der Waals surface area contributed by atoms with Crippen LogP contribution in [0, 0.1) is 5.95 Å². The minimum atomic E-state index is -1.26. The number of benzene rings is 1. The van der Waals surface area contributed by atoms with Crippen LogP contribution in [0.25, 0.3) is 11.1 Å². The summed E-state index contributed by atoms with van der Waals surface area (Å²) in [6.45, 7) is 0. The Hall–Kier alpha value is -1.78. The van der Waals surface area contributed by atoms with E-state index in [2.05, 4.69) is 5.10 Å². The van der Waals surface area contributed by atoms with Gasteiger partial charge in [-0.15, -0.1) is 5.10 Å². The molecule has 0 aromatic heterocycles. The fourth-order valence-electron chi connectivity index (χ4n) is 1.13. The van der Waals surface area contributed by atoms with Crippen LogP contribution in [0.2, 0.25) is 0 Å². The summed E-state index contributed by atoms with van der Waals surface area (Å²) in [4.78, 5) is 10.6. The van der Waals surface area contributed by atoms with Crippen LogP contribution in [0.15, 0.2) is 29.2 Å². The van der Waals surface area contributed by atoms with Crippen LogP contribution in [0.5, 0.6) is 0 Å². The van der Waals surface area contributed by atoms with Crippen molar-refractivity contribution in [3.8, 4) is 11.1 Å². The van der Waals surface area contributed by atoms with Crippen LogP contribution in [0.3, 0.4) is 0 Å². The van der Waals surface area contributed by atoms with Gasteiger partial charge in [0.05, 0.1) is 11.8 Å². The molecule has 66 valence electrons. The lowest BCUT2D eigenvalue weighted by molar-refractivity contribution is 0.244. The van der Waals surface area contributed by atoms with Gasteiger partial charge in [0.2, 0.25) is 0 Å². The molecule has 3 nitrogen and oxygen atoms in total. The Morgan fingerprint density at radius 1 is 1.38 bits per heavy atom. The highest BCUT2D eigenvalue weighted by atomic mass is 19.2. The van der Waals surface area contributed by atoms with Crippen molar-refractivity contribution in [2.75, 3.05) is 0 Å². The summed E-state index contributed by atoms with van der Waals surface area (Å²) in [6, 6.07) is 4.13. The summed E-state index contributed by atoms with van der Waals surface area (Å²) in [5.74, 6) is -1.26. The van der Waals surface area contributed by atoms with Gasteiger partial charge in [0.1, 0.15) is 0 Å². The van der Waals surface area contributed by atoms with E-state index in [0.29, 0.717) is 5.56 Å². The lowest BCUT2D eigenvalue weighted by Crippen LogP contribution is -2.11. The Labute approximate surface area is 71.5 Å². The van der Waals surface area contributed by atoms with Gasteiger partial charge in [-0.1, -0.05) is 21.5 Å². The van der Waals surface area contributed by atoms with Crippen LogP contribution >= 0.6 is 0 Å². The second kappa shape index (κ2) is 2.62. The Bertz CT molecular complexity index is 480. The average Bonchev–Trinajstić information content (AvgIpc) is 2.12. The summed E-state index contributed by atoms with van der Waals surface area (Å²) in [5, 5.41) is 3.08. The predicted octanol–water partition coefficient (Wildman–Crippen LogP) is 1.22. The molecule has 0 bridgehead atoms. The predicted molar refractivity (Wildman–Crippen MR) is 41.6 cm³/mol. The van der Waals surface area contributed by atoms with Crippen molar-refractivity contribution in [2.45, 2.75) is 0 Å². The number of halogens is 2. The van der Waals surface area contributed by atoms with Crippen molar-refractivity contribution in [2.24, 2.45) is 0 Å². The Morgan fingerprint density at radius 3 is 2.92 bits per heavy atom. The van der Waals surface area contributed by atoms with Gasteiger partial charge >= 0.3 is 0 Å². The first-order valence-corrected chi connectivity index (χ1v) is 3.53. The van der Waals surface area contributed by atoms with Gasteiger partial charge < -0.3 is 0 Å². The molecule has 0 N–H and O–H groups in total. The zero-order valence-electron chi connectivity index (χ0n) is 6.37. The summed E-state index contributed by atoms with van der Waals surface area (Å²) >= 11 is 0. The number of hydrogen-bond acceptors (Lipinski definition) is 2. The summed E-state index contributed by atoms with van der Waals surface area (Å²) < 4.78 is 25.5. The third kappa shape index (κ3) is 1.09. The van der Waals surface area contributed by atoms with E-state index >= 15 is 0 Å². The first-order valence-electron chi connectivity index (χ1n) is 3.53. The third-order valence-electron chi connectivity index (χ3n) is 1.72. The Morgan fingerprint density at radius 2 is 2.15 bits per heavy atom. The topological polar surface area (TPSA) is 34.9 Å². The number of nitrogens with zero attached hydrogens (tertiary/aromatic N) is 2. The van der Waals surface area contributed by atoms with Crippen LogP contribution in [-0.4, -0.2) is 10.0 Å². The minimum Gasteiger partial charge on any atom is -0.289 e. The average molecular weight is 182 g/mol. The van der Waals surface area contributed by atoms with Crippen molar-refractivity contribution in [1.82, 2.24) is 10.0 Å². The number of hydrogen-bond donors (Lipinski definition) is 0. The first-order chi connectivity index (χ1) is 6.20. The van der Waals surface area contributed by atoms with Gasteiger partial charge in [0.25, 0.3) is 5.95 Å². The lowest BCUT2D eigenvalue weighted by Gasteiger charge is -2.04. The van der Waals surface area contributed by atoms with Gasteiger partial charge in [-0.05, 0) is 6.07 Å². The monoisotopic (exact) mass is 182 g/mol. The van der Waals surface area contributed by atoms with Crippen LogP contribution < -0.4 is 5.43 Å². The van der Waals surface area contributed by atoms with E-state index in [1.165, 1.54) is 18.2 Å². The fourth-order valence-corrected chi connectivity index (χ4v) is 1.13. The lowest BCUT2D eigenvalue weighted by atomic mass is 10.1. The minimum absolute atomic E-state index is 0.278. The van der Waals surface area contributed by atoms with Crippen LogP contribution in [-0.2, 0) is 0 Å². The third-order valence-corrected chi connectivity index (χ3v) is 1.72. The molecule has 0 saturated heterocycles. The quantitative estimate of drug-likeness (QED) is 0.614. The standard InChI is InChI=1S/C8H4F2N2O/c9-8-7-5(4-11-12(8)10)2-1-3-6(7)13/h1-4H. The fraction of sp³-hybridized carbons (Fsp3) is 0. The number of aromatic nitrogens is 2. The van der Waals surface area contributed by atoms with E-state index in [4.69, 9.17) is 0 Å². The van der Waals surface area contributed by atoms with Crippen LogP contribution in [0.1, 0.15) is 0 Å². The molecular formula is C8H4F2N2O. The highest BCUT2D eigenvalue weighted by molar-refractivity contribution is 5.62. The molecule has 1 aliphatic carbocycles. The maximum atomic E-state index is 13.0. The largest absolute Gasteiger partial charge is 0.289 e. The molecule has 0 spiro atoms. The summed E-state index contributed by atoms with van der Waals surface area (Å²) in [6.07, 6.45) is 1.10. The van der Waals surface area contributed by atoms with Crippen molar-refractivity contribution in [1.29, 1.82) is 0 Å². The highest BCUT2D eigenvalue weighted by Crippen LogP contribution is 2.18. The highest BCUT2D eigenvalue weighted by Gasteiger charge is 2.14. The maximum absolute atomic E-state index is 13.0. The normalized spacial score (nSPS) is 10.6. The van der Waals surface area contributed by atoms with Gasteiger partial charge in [-0.3, -0.25) is 4.79 Å². The molecule has 0 aromatic carbocycles. The molecule has 0 radical (unpaired) electrons. The molecule has 2 rings (SSSR count). The molecule has 13 heavy (non-hydrogen) atoms. The smallest absolute Gasteiger partial charge is 0.254 e. The molecule has 5 heteroatoms. The Balaban J connectivity index is 2.96. The van der Waals surface area contributed by atoms with Gasteiger partial charge in [-0.2, -0.15) is 4.39 Å². The SMILES string of the molecule is O=c1cccc2cnn(F)c(F)c1-2. The molecule has 1 aliphatic heterocycles. The first kappa shape index (κ1) is 7.85. The molecule has 0 amide bonds. The van der Waals surface area contributed by atoms with E-state index in [0.717, 1.165) is 6.20 Å². The molecular weight excluding hydrogens is 178 g/mol. The van der Waals surface area contributed by atoms with Crippen molar-refractivity contribution < 1.29 is 8.87 Å². The number of rotatable bonds is 0. The Kier molecular flexibility index (Phi) is 1.58. The molecule has 0 fully saturated rings. The summed E-state index contributed by atoms with van der Waals surface area (Å²) in [5.41, 5.74) is -0.539. The van der Waals surface area contributed by atoms with Gasteiger partial charge in [0, 0.05) is 5.56 Å². The van der Waals surface area contributed by atoms with Crippen molar-refractivity contribution in [3.63, 3.8) is 0 Å². The van der Waals surface area contributed by atoms with E-state index < -0.39 is 16.3 Å². The molecule has 1 heterocycles. The van der Waals surface area contributed by atoms with Crippen LogP contribution in [0.4, 0.5) is 8.87 Å². The zero-order valence-corrected chi connectivity index (χ0v) is 6.37. The van der Waals surface area contributed by atoms with E-state index in [9.17, 15) is 13.7 Å².